The third kappa shape index (κ3) is 4.04. The Morgan fingerprint density at radius 1 is 1.12 bits per heavy atom. The molecule has 1 aliphatic carbocycles. The summed E-state index contributed by atoms with van der Waals surface area (Å²) in [6.45, 7) is 0. The minimum atomic E-state index is -0.458. The lowest BCUT2D eigenvalue weighted by atomic mass is 9.76. The average molecular weight is 512 g/mol. The molecule has 0 amide bonds. The normalized spacial score (nSPS) is 17.6. The molecule has 0 bridgehead atoms. The molecule has 2 aliphatic rings. The molecule has 0 radical (unpaired) electrons. The highest BCUT2D eigenvalue weighted by molar-refractivity contribution is 9.10. The summed E-state index contributed by atoms with van der Waals surface area (Å²) in [5.41, 5.74) is 3.38. The second-order valence-electron chi connectivity index (χ2n) is 7.83. The number of ketones is 1. The Labute approximate surface area is 196 Å². The van der Waals surface area contributed by atoms with Crippen LogP contribution in [-0.4, -0.2) is 15.8 Å². The highest BCUT2D eigenvalue weighted by atomic mass is 79.9. The molecule has 32 heavy (non-hydrogen) atoms. The molecule has 1 aromatic heterocycles. The molecule has 0 saturated heterocycles. The van der Waals surface area contributed by atoms with Crippen molar-refractivity contribution in [3.05, 3.63) is 97.1 Å². The average Bonchev–Trinajstić information content (AvgIpc) is 2.77. The first-order valence-electron chi connectivity index (χ1n) is 10.3. The fraction of sp³-hybridized carbons (Fsp3) is 0.208. The predicted molar refractivity (Wildman–Crippen MR) is 126 cm³/mol. The molecular weight excluding hydrogens is 493 g/mol. The molecule has 2 heterocycles. The zero-order chi connectivity index (χ0) is 22.2. The second kappa shape index (κ2) is 8.67. The Morgan fingerprint density at radius 2 is 1.94 bits per heavy atom. The summed E-state index contributed by atoms with van der Waals surface area (Å²) in [5.74, 6) is 0.274. The number of nitrogens with zero attached hydrogens (tertiary/aromatic N) is 1. The van der Waals surface area contributed by atoms with Gasteiger partial charge in [0.05, 0.1) is 5.56 Å². The quantitative estimate of drug-likeness (QED) is 0.355. The van der Waals surface area contributed by atoms with E-state index in [4.69, 9.17) is 0 Å². The number of aromatic amines is 1. The summed E-state index contributed by atoms with van der Waals surface area (Å²) in [4.78, 5) is 33.6. The summed E-state index contributed by atoms with van der Waals surface area (Å²) in [7, 11) is 0. The van der Waals surface area contributed by atoms with Gasteiger partial charge in [-0.3, -0.25) is 9.59 Å². The van der Waals surface area contributed by atoms with Crippen molar-refractivity contribution in [3.63, 3.8) is 0 Å². The molecular formula is C24H19BrFN3O2S. The maximum Gasteiger partial charge on any atom is 0.257 e. The Kier molecular flexibility index (Phi) is 5.73. The maximum atomic E-state index is 13.5. The third-order valence-corrected chi connectivity index (χ3v) is 7.18. The van der Waals surface area contributed by atoms with Gasteiger partial charge in [-0.2, -0.15) is 0 Å². The lowest BCUT2D eigenvalue weighted by Crippen LogP contribution is -2.32. The van der Waals surface area contributed by atoms with Crippen LogP contribution in [0.1, 0.15) is 41.9 Å². The van der Waals surface area contributed by atoms with E-state index in [0.29, 0.717) is 34.3 Å². The Hall–Kier alpha value is -2.71. The SMILES string of the molecule is O=C1CCCC2=C1[C@@H](c1ccc(Br)cc1)c1c(nc(SCc3cccc(F)c3)[nH]c1=O)N2. The van der Waals surface area contributed by atoms with Crippen LogP contribution in [0.2, 0.25) is 0 Å². The van der Waals surface area contributed by atoms with Crippen molar-refractivity contribution in [3.8, 4) is 0 Å². The van der Waals surface area contributed by atoms with Gasteiger partial charge in [-0.25, -0.2) is 9.37 Å². The van der Waals surface area contributed by atoms with E-state index in [2.05, 4.69) is 31.2 Å². The van der Waals surface area contributed by atoms with Crippen molar-refractivity contribution < 1.29 is 9.18 Å². The second-order valence-corrected chi connectivity index (χ2v) is 9.71. The van der Waals surface area contributed by atoms with Crippen LogP contribution in [0.15, 0.2) is 74.2 Å². The van der Waals surface area contributed by atoms with Crippen LogP contribution in [0, 0.1) is 5.82 Å². The zero-order valence-corrected chi connectivity index (χ0v) is 19.4. The van der Waals surface area contributed by atoms with Crippen LogP contribution < -0.4 is 10.9 Å². The van der Waals surface area contributed by atoms with Crippen molar-refractivity contribution in [1.82, 2.24) is 9.97 Å². The Balaban J connectivity index is 1.55. The lowest BCUT2D eigenvalue weighted by molar-refractivity contribution is -0.116. The van der Waals surface area contributed by atoms with Crippen molar-refractivity contribution in [1.29, 1.82) is 0 Å². The van der Waals surface area contributed by atoms with Crippen molar-refractivity contribution in [2.75, 3.05) is 5.32 Å². The smallest absolute Gasteiger partial charge is 0.257 e. The van der Waals surface area contributed by atoms with E-state index >= 15 is 0 Å². The van der Waals surface area contributed by atoms with E-state index in [0.717, 1.165) is 34.1 Å². The summed E-state index contributed by atoms with van der Waals surface area (Å²) >= 11 is 4.78. The first kappa shape index (κ1) is 21.2. The van der Waals surface area contributed by atoms with Gasteiger partial charge in [0.25, 0.3) is 5.56 Å². The van der Waals surface area contributed by atoms with E-state index in [-0.39, 0.29) is 17.2 Å². The molecule has 0 spiro atoms. The fourth-order valence-corrected chi connectivity index (χ4v) is 5.34. The van der Waals surface area contributed by atoms with E-state index in [1.807, 2.05) is 30.3 Å². The first-order valence-corrected chi connectivity index (χ1v) is 12.1. The van der Waals surface area contributed by atoms with Gasteiger partial charge in [-0.05, 0) is 48.2 Å². The number of thioether (sulfide) groups is 1. The Bertz CT molecular complexity index is 1300. The van der Waals surface area contributed by atoms with Gasteiger partial charge < -0.3 is 10.3 Å². The predicted octanol–water partition coefficient (Wildman–Crippen LogP) is 5.53. The molecule has 2 aromatic carbocycles. The molecule has 162 valence electrons. The number of halogens is 2. The van der Waals surface area contributed by atoms with Crippen molar-refractivity contribution in [2.24, 2.45) is 0 Å². The fourth-order valence-electron chi connectivity index (χ4n) is 4.28. The van der Waals surface area contributed by atoms with Crippen LogP contribution in [0.4, 0.5) is 10.2 Å². The van der Waals surface area contributed by atoms with Crippen LogP contribution >= 0.6 is 27.7 Å². The van der Waals surface area contributed by atoms with Crippen LogP contribution in [0.3, 0.4) is 0 Å². The number of aromatic nitrogens is 2. The molecule has 0 saturated carbocycles. The number of allylic oxidation sites excluding steroid dienone is 2. The zero-order valence-electron chi connectivity index (χ0n) is 17.0. The van der Waals surface area contributed by atoms with Gasteiger partial charge in [0, 0.05) is 33.8 Å². The number of hydrogen-bond acceptors (Lipinski definition) is 5. The minimum Gasteiger partial charge on any atom is -0.343 e. The molecule has 2 N–H and O–H groups in total. The minimum absolute atomic E-state index is 0.0706. The number of carbonyl (C=O) groups excluding carboxylic acids is 1. The lowest BCUT2D eigenvalue weighted by Gasteiger charge is -2.32. The Morgan fingerprint density at radius 3 is 2.72 bits per heavy atom. The molecule has 5 rings (SSSR count). The van der Waals surface area contributed by atoms with Gasteiger partial charge in [0.15, 0.2) is 10.9 Å². The van der Waals surface area contributed by atoms with E-state index in [1.54, 1.807) is 6.07 Å². The topological polar surface area (TPSA) is 74.8 Å². The number of anilines is 1. The summed E-state index contributed by atoms with van der Waals surface area (Å²) in [5, 5.41) is 3.72. The number of nitrogens with one attached hydrogen (secondary N) is 2. The van der Waals surface area contributed by atoms with Crippen LogP contribution in [-0.2, 0) is 10.5 Å². The molecule has 3 aromatic rings. The van der Waals surface area contributed by atoms with E-state index in [9.17, 15) is 14.0 Å². The van der Waals surface area contributed by atoms with E-state index < -0.39 is 5.92 Å². The molecule has 0 unspecified atom stereocenters. The molecule has 1 aliphatic heterocycles. The standard InChI is InChI=1S/C24H19BrFN3O2S/c25-15-9-7-14(8-10-15)19-20-17(5-2-6-18(20)30)27-22-21(19)23(31)29-24(28-22)32-12-13-3-1-4-16(26)11-13/h1,3-4,7-11,19H,2,5-6,12H2,(H2,27,28,29,31)/t19-/m1/s1. The van der Waals surface area contributed by atoms with Crippen molar-refractivity contribution >= 4 is 39.3 Å². The highest BCUT2D eigenvalue weighted by Gasteiger charge is 2.37. The largest absolute Gasteiger partial charge is 0.343 e. The third-order valence-electron chi connectivity index (χ3n) is 5.70. The first-order chi connectivity index (χ1) is 15.5. The van der Waals surface area contributed by atoms with Gasteiger partial charge in [0.2, 0.25) is 0 Å². The van der Waals surface area contributed by atoms with Crippen LogP contribution in [0.5, 0.6) is 0 Å². The van der Waals surface area contributed by atoms with Gasteiger partial charge >= 0.3 is 0 Å². The number of hydrogen-bond donors (Lipinski definition) is 2. The molecule has 5 nitrogen and oxygen atoms in total. The van der Waals surface area contributed by atoms with E-state index in [1.165, 1.54) is 23.9 Å². The number of rotatable bonds is 4. The van der Waals surface area contributed by atoms with Gasteiger partial charge in [-0.1, -0.05) is 52.0 Å². The number of fused-ring (bicyclic) bond motifs is 1. The van der Waals surface area contributed by atoms with Gasteiger partial charge in [-0.15, -0.1) is 0 Å². The number of carbonyl (C=O) groups is 1. The molecule has 0 fully saturated rings. The van der Waals surface area contributed by atoms with Crippen molar-refractivity contribution in [2.45, 2.75) is 36.1 Å². The number of benzene rings is 2. The summed E-state index contributed by atoms with van der Waals surface area (Å²) in [6.07, 6.45) is 2.00. The van der Waals surface area contributed by atoms with Gasteiger partial charge in [0.1, 0.15) is 11.6 Å². The summed E-state index contributed by atoms with van der Waals surface area (Å²) < 4.78 is 14.4. The number of H-pyrrole nitrogens is 1. The summed E-state index contributed by atoms with van der Waals surface area (Å²) in [6, 6.07) is 14.0. The maximum absolute atomic E-state index is 13.5. The molecule has 1 atom stereocenters. The molecule has 8 heteroatoms. The highest BCUT2D eigenvalue weighted by Crippen LogP contribution is 2.43. The monoisotopic (exact) mass is 511 g/mol. The number of Topliss-reactive ketones (excluding diaryl/α,β-unsaturated/α-hetero) is 1. The van der Waals surface area contributed by atoms with Crippen LogP contribution in [0.25, 0.3) is 0 Å².